The number of aliphatic hydroxyl groups excluding tert-OH is 1. The van der Waals surface area contributed by atoms with E-state index in [1.54, 1.807) is 6.07 Å². The molecule has 1 aromatic heterocycles. The number of nitrogens with two attached hydrogens (primary N) is 1. The number of thiophene rings is 1. The van der Waals surface area contributed by atoms with Crippen LogP contribution in [0.5, 0.6) is 0 Å². The largest absolute Gasteiger partial charge is 0.393 e. The highest BCUT2D eigenvalue weighted by Gasteiger charge is 2.45. The van der Waals surface area contributed by atoms with Crippen LogP contribution in [0.4, 0.5) is 5.00 Å². The lowest BCUT2D eigenvalue weighted by atomic mass is 9.66. The Balaban J connectivity index is 2.25. The van der Waals surface area contributed by atoms with Crippen molar-refractivity contribution in [2.24, 2.45) is 5.73 Å². The molecule has 0 atom stereocenters. The smallest absolute Gasteiger partial charge is 0.324 e. The molecule has 1 aromatic rings. The Bertz CT molecular complexity index is 384. The fourth-order valence-electron chi connectivity index (χ4n) is 2.02. The van der Waals surface area contributed by atoms with Crippen LogP contribution in [0.3, 0.4) is 0 Å². The van der Waals surface area contributed by atoms with Crippen molar-refractivity contribution >= 4 is 16.3 Å². The first kappa shape index (κ1) is 10.5. The summed E-state index contributed by atoms with van der Waals surface area (Å²) in [5.74, 6) is 0. The molecule has 1 heterocycles. The number of aliphatic hydroxyl groups is 1. The van der Waals surface area contributed by atoms with E-state index in [2.05, 4.69) is 0 Å². The van der Waals surface area contributed by atoms with Crippen LogP contribution in [0.1, 0.15) is 17.7 Å². The van der Waals surface area contributed by atoms with Gasteiger partial charge in [-0.3, -0.25) is 10.1 Å². The second kappa shape index (κ2) is 3.55. The van der Waals surface area contributed by atoms with Crippen LogP contribution < -0.4 is 5.73 Å². The van der Waals surface area contributed by atoms with E-state index in [-0.39, 0.29) is 16.5 Å². The van der Waals surface area contributed by atoms with Crippen LogP contribution >= 0.6 is 11.3 Å². The molecule has 0 amide bonds. The highest BCUT2D eigenvalue weighted by Crippen LogP contribution is 2.46. The van der Waals surface area contributed by atoms with Gasteiger partial charge in [0.25, 0.3) is 0 Å². The van der Waals surface area contributed by atoms with Crippen molar-refractivity contribution < 1.29 is 10.0 Å². The van der Waals surface area contributed by atoms with Crippen LogP contribution in [0.15, 0.2) is 12.1 Å². The molecule has 5 nitrogen and oxygen atoms in total. The molecule has 0 aromatic carbocycles. The predicted molar refractivity (Wildman–Crippen MR) is 56.9 cm³/mol. The Morgan fingerprint density at radius 2 is 2.33 bits per heavy atom. The zero-order valence-electron chi connectivity index (χ0n) is 8.05. The lowest BCUT2D eigenvalue weighted by Gasteiger charge is -2.43. The van der Waals surface area contributed by atoms with Gasteiger partial charge in [0, 0.05) is 22.9 Å². The fourth-order valence-corrected chi connectivity index (χ4v) is 3.06. The average Bonchev–Trinajstić information content (AvgIpc) is 2.61. The summed E-state index contributed by atoms with van der Waals surface area (Å²) in [7, 11) is 0. The number of hydrogen-bond donors (Lipinski definition) is 2. The Labute approximate surface area is 90.7 Å². The average molecular weight is 228 g/mol. The van der Waals surface area contributed by atoms with E-state index >= 15 is 0 Å². The summed E-state index contributed by atoms with van der Waals surface area (Å²) in [5.41, 5.74) is 5.45. The highest BCUT2D eigenvalue weighted by molar-refractivity contribution is 7.15. The molecular formula is C9H12N2O3S. The Morgan fingerprint density at radius 3 is 2.73 bits per heavy atom. The van der Waals surface area contributed by atoms with Crippen molar-refractivity contribution in [2.45, 2.75) is 24.4 Å². The van der Waals surface area contributed by atoms with Crippen molar-refractivity contribution in [1.29, 1.82) is 0 Å². The molecule has 1 saturated carbocycles. The lowest BCUT2D eigenvalue weighted by molar-refractivity contribution is -0.380. The van der Waals surface area contributed by atoms with Gasteiger partial charge in [-0.25, -0.2) is 0 Å². The highest BCUT2D eigenvalue weighted by atomic mass is 32.1. The Hall–Kier alpha value is -0.980. The first-order valence-corrected chi connectivity index (χ1v) is 5.52. The molecule has 0 radical (unpaired) electrons. The van der Waals surface area contributed by atoms with Crippen LogP contribution in [-0.4, -0.2) is 22.7 Å². The molecule has 3 N–H and O–H groups in total. The van der Waals surface area contributed by atoms with Gasteiger partial charge in [0.1, 0.15) is 0 Å². The molecule has 1 aliphatic rings. The van der Waals surface area contributed by atoms with E-state index < -0.39 is 4.92 Å². The van der Waals surface area contributed by atoms with Crippen molar-refractivity contribution in [3.8, 4) is 0 Å². The second-order valence-corrected chi connectivity index (χ2v) is 5.00. The third kappa shape index (κ3) is 1.64. The molecule has 0 bridgehead atoms. The van der Waals surface area contributed by atoms with Gasteiger partial charge in [0.05, 0.1) is 11.0 Å². The second-order valence-electron chi connectivity index (χ2n) is 3.94. The fraction of sp³-hybridized carbons (Fsp3) is 0.556. The van der Waals surface area contributed by atoms with Crippen LogP contribution in [0.2, 0.25) is 0 Å². The summed E-state index contributed by atoms with van der Waals surface area (Å²) in [6.07, 6.45) is 0.914. The molecule has 0 unspecified atom stereocenters. The minimum absolute atomic E-state index is 0.138. The summed E-state index contributed by atoms with van der Waals surface area (Å²) < 4.78 is 0. The molecule has 1 aliphatic carbocycles. The van der Waals surface area contributed by atoms with Gasteiger partial charge in [0.2, 0.25) is 0 Å². The van der Waals surface area contributed by atoms with E-state index in [1.807, 2.05) is 0 Å². The van der Waals surface area contributed by atoms with Crippen molar-refractivity contribution in [1.82, 2.24) is 0 Å². The first-order valence-electron chi connectivity index (χ1n) is 4.70. The third-order valence-electron chi connectivity index (χ3n) is 2.94. The lowest BCUT2D eigenvalue weighted by Crippen LogP contribution is -2.49. The summed E-state index contributed by atoms with van der Waals surface area (Å²) in [6.45, 7) is 0.432. The number of hydrogen-bond acceptors (Lipinski definition) is 5. The minimum Gasteiger partial charge on any atom is -0.393 e. The van der Waals surface area contributed by atoms with Crippen LogP contribution in [-0.2, 0) is 5.41 Å². The summed E-state index contributed by atoms with van der Waals surface area (Å²) in [6, 6.07) is 3.25. The zero-order chi connectivity index (χ0) is 11.1. The number of rotatable bonds is 3. The van der Waals surface area contributed by atoms with Crippen molar-refractivity contribution in [3.63, 3.8) is 0 Å². The zero-order valence-corrected chi connectivity index (χ0v) is 8.87. The Kier molecular flexibility index (Phi) is 2.49. The molecule has 6 heteroatoms. The molecule has 2 rings (SSSR count). The van der Waals surface area contributed by atoms with Gasteiger partial charge in [-0.05, 0) is 18.9 Å². The van der Waals surface area contributed by atoms with E-state index in [9.17, 15) is 15.2 Å². The maximum atomic E-state index is 10.5. The summed E-state index contributed by atoms with van der Waals surface area (Å²) in [5, 5.41) is 20.0. The maximum Gasteiger partial charge on any atom is 0.324 e. The van der Waals surface area contributed by atoms with Crippen LogP contribution in [0.25, 0.3) is 0 Å². The third-order valence-corrected chi connectivity index (χ3v) is 4.22. The molecule has 15 heavy (non-hydrogen) atoms. The number of nitro groups is 1. The normalized spacial score (nSPS) is 29.9. The Morgan fingerprint density at radius 1 is 1.67 bits per heavy atom. The monoisotopic (exact) mass is 228 g/mol. The van der Waals surface area contributed by atoms with Crippen molar-refractivity contribution in [2.75, 3.05) is 6.54 Å². The van der Waals surface area contributed by atoms with Gasteiger partial charge in [-0.2, -0.15) is 0 Å². The minimum atomic E-state index is -0.395. The van der Waals surface area contributed by atoms with Gasteiger partial charge < -0.3 is 10.8 Å². The molecular weight excluding hydrogens is 216 g/mol. The van der Waals surface area contributed by atoms with Gasteiger partial charge in [-0.1, -0.05) is 11.3 Å². The van der Waals surface area contributed by atoms with Crippen molar-refractivity contribution in [3.05, 3.63) is 27.1 Å². The van der Waals surface area contributed by atoms with E-state index in [4.69, 9.17) is 5.73 Å². The molecule has 0 saturated heterocycles. The van der Waals surface area contributed by atoms with Gasteiger partial charge in [0.15, 0.2) is 0 Å². The standard InChI is InChI=1S/C9H12N2O3S/c10-5-9(3-6(12)4-9)7-1-2-8(15-7)11(13)14/h1-2,6,12H,3-5,10H2. The van der Waals surface area contributed by atoms with Gasteiger partial charge in [-0.15, -0.1) is 0 Å². The van der Waals surface area contributed by atoms with Crippen LogP contribution in [0, 0.1) is 10.1 Å². The summed E-state index contributed by atoms with van der Waals surface area (Å²) in [4.78, 5) is 11.1. The SMILES string of the molecule is NCC1(c2ccc([N+](=O)[O-])s2)CC(O)C1. The number of nitrogens with zero attached hydrogens (tertiary/aromatic N) is 1. The molecule has 0 aliphatic heterocycles. The quantitative estimate of drug-likeness (QED) is 0.596. The molecule has 1 fully saturated rings. The maximum absolute atomic E-state index is 10.5. The first-order chi connectivity index (χ1) is 7.07. The van der Waals surface area contributed by atoms with Gasteiger partial charge >= 0.3 is 5.00 Å². The summed E-state index contributed by atoms with van der Waals surface area (Å²) >= 11 is 1.16. The van der Waals surface area contributed by atoms with E-state index in [0.29, 0.717) is 19.4 Å². The molecule has 0 spiro atoms. The predicted octanol–water partition coefficient (Wildman–Crippen LogP) is 1.01. The molecule has 82 valence electrons. The topological polar surface area (TPSA) is 89.4 Å². The van der Waals surface area contributed by atoms with E-state index in [0.717, 1.165) is 16.2 Å². The van der Waals surface area contributed by atoms with E-state index in [1.165, 1.54) is 6.07 Å².